The first-order chi connectivity index (χ1) is 12.3. The molecule has 1 amide bonds. The largest absolute Gasteiger partial charge is 0.411 e. The van der Waals surface area contributed by atoms with E-state index in [1.54, 1.807) is 11.8 Å². The Morgan fingerprint density at radius 2 is 1.85 bits per heavy atom. The smallest absolute Gasteiger partial charge is 0.372 e. The number of rotatable bonds is 8. The summed E-state index contributed by atoms with van der Waals surface area (Å²) in [6, 6.07) is 9.85. The number of halogens is 3. The van der Waals surface area contributed by atoms with Crippen molar-refractivity contribution in [1.82, 2.24) is 9.80 Å². The number of ether oxygens (including phenoxy) is 1. The van der Waals surface area contributed by atoms with Crippen LogP contribution in [0.4, 0.5) is 13.2 Å². The molecule has 0 spiro atoms. The van der Waals surface area contributed by atoms with E-state index in [1.165, 1.54) is 0 Å². The van der Waals surface area contributed by atoms with Crippen molar-refractivity contribution in [1.29, 1.82) is 0 Å². The summed E-state index contributed by atoms with van der Waals surface area (Å²) >= 11 is 1.55. The number of benzene rings is 1. The summed E-state index contributed by atoms with van der Waals surface area (Å²) in [4.78, 5) is 17.7. The molecule has 1 aliphatic rings. The van der Waals surface area contributed by atoms with E-state index in [0.29, 0.717) is 26.1 Å². The predicted molar refractivity (Wildman–Crippen MR) is 96.3 cm³/mol. The van der Waals surface area contributed by atoms with E-state index in [4.69, 9.17) is 0 Å². The number of thioether (sulfide) groups is 1. The summed E-state index contributed by atoms with van der Waals surface area (Å²) in [5, 5.41) is -0.139. The van der Waals surface area contributed by atoms with Crippen molar-refractivity contribution in [3.05, 3.63) is 30.3 Å². The van der Waals surface area contributed by atoms with E-state index in [-0.39, 0.29) is 17.8 Å². The molecule has 1 unspecified atom stereocenters. The number of alkyl halides is 3. The van der Waals surface area contributed by atoms with Crippen LogP contribution < -0.4 is 0 Å². The maximum absolute atomic E-state index is 12.6. The van der Waals surface area contributed by atoms with Gasteiger partial charge in [-0.15, -0.1) is 11.8 Å². The van der Waals surface area contributed by atoms with Gasteiger partial charge < -0.3 is 9.64 Å². The minimum atomic E-state index is -4.26. The van der Waals surface area contributed by atoms with E-state index in [0.717, 1.165) is 18.0 Å². The van der Waals surface area contributed by atoms with Gasteiger partial charge in [-0.3, -0.25) is 9.69 Å². The van der Waals surface area contributed by atoms with Gasteiger partial charge in [0, 0.05) is 44.2 Å². The molecule has 1 aromatic rings. The van der Waals surface area contributed by atoms with E-state index in [2.05, 4.69) is 9.64 Å². The zero-order valence-corrected chi connectivity index (χ0v) is 15.7. The monoisotopic (exact) mass is 390 g/mol. The molecule has 146 valence electrons. The first kappa shape index (κ1) is 21.1. The van der Waals surface area contributed by atoms with Gasteiger partial charge in [0.1, 0.15) is 6.61 Å². The Kier molecular flexibility index (Phi) is 8.24. The van der Waals surface area contributed by atoms with Crippen molar-refractivity contribution in [2.75, 3.05) is 45.9 Å². The van der Waals surface area contributed by atoms with Gasteiger partial charge in [0.05, 0.1) is 5.25 Å². The summed E-state index contributed by atoms with van der Waals surface area (Å²) in [5.74, 6) is 0.131. The van der Waals surface area contributed by atoms with Crippen LogP contribution in [0, 0.1) is 0 Å². The van der Waals surface area contributed by atoms with Crippen molar-refractivity contribution in [2.45, 2.75) is 29.7 Å². The second-order valence-corrected chi connectivity index (χ2v) is 7.68. The Hall–Kier alpha value is -1.25. The normalized spacial score (nSPS) is 17.3. The average Bonchev–Trinajstić information content (AvgIpc) is 2.61. The Balaban J connectivity index is 1.63. The Morgan fingerprint density at radius 1 is 1.19 bits per heavy atom. The fourth-order valence-corrected chi connectivity index (χ4v) is 3.75. The Morgan fingerprint density at radius 3 is 2.46 bits per heavy atom. The molecule has 1 fully saturated rings. The average molecular weight is 390 g/mol. The summed E-state index contributed by atoms with van der Waals surface area (Å²) < 4.78 is 40.6. The van der Waals surface area contributed by atoms with Crippen LogP contribution in [-0.2, 0) is 9.53 Å². The summed E-state index contributed by atoms with van der Waals surface area (Å²) in [7, 11) is 0. The van der Waals surface area contributed by atoms with Crippen molar-refractivity contribution < 1.29 is 22.7 Å². The van der Waals surface area contributed by atoms with Gasteiger partial charge in [-0.2, -0.15) is 13.2 Å². The lowest BCUT2D eigenvalue weighted by Crippen LogP contribution is -2.50. The summed E-state index contributed by atoms with van der Waals surface area (Å²) in [6.07, 6.45) is -3.70. The number of hydrogen-bond donors (Lipinski definition) is 0. The molecule has 8 heteroatoms. The molecule has 1 saturated heterocycles. The van der Waals surface area contributed by atoms with Crippen molar-refractivity contribution in [3.8, 4) is 0 Å². The number of carbonyl (C=O) groups excluding carboxylic acids is 1. The number of amides is 1. The SMILES string of the molecule is CC(Sc1ccccc1)C(=O)N1CCN(CCCOCC(F)(F)F)CC1. The van der Waals surface area contributed by atoms with E-state index in [9.17, 15) is 18.0 Å². The molecule has 0 aromatic heterocycles. The molecule has 26 heavy (non-hydrogen) atoms. The zero-order chi connectivity index (χ0) is 19.0. The minimum Gasteiger partial charge on any atom is -0.372 e. The van der Waals surface area contributed by atoms with Gasteiger partial charge in [0.2, 0.25) is 5.91 Å². The van der Waals surface area contributed by atoms with Crippen LogP contribution in [0.25, 0.3) is 0 Å². The van der Waals surface area contributed by atoms with Gasteiger partial charge >= 0.3 is 6.18 Å². The van der Waals surface area contributed by atoms with E-state index >= 15 is 0 Å². The summed E-state index contributed by atoms with van der Waals surface area (Å²) in [5.41, 5.74) is 0. The molecule has 0 N–H and O–H groups in total. The van der Waals surface area contributed by atoms with Crippen LogP contribution in [0.15, 0.2) is 35.2 Å². The third-order valence-corrected chi connectivity index (χ3v) is 5.22. The van der Waals surface area contributed by atoms with Crippen LogP contribution in [0.2, 0.25) is 0 Å². The number of nitrogens with zero attached hydrogens (tertiary/aromatic N) is 2. The molecule has 1 aromatic carbocycles. The van der Waals surface area contributed by atoms with Gasteiger partial charge in [-0.25, -0.2) is 0 Å². The molecule has 0 aliphatic carbocycles. The first-order valence-corrected chi connectivity index (χ1v) is 9.60. The highest BCUT2D eigenvalue weighted by atomic mass is 32.2. The molecular formula is C18H25F3N2O2S. The molecule has 1 aliphatic heterocycles. The predicted octanol–water partition coefficient (Wildman–Crippen LogP) is 3.28. The lowest BCUT2D eigenvalue weighted by atomic mass is 10.2. The molecule has 0 bridgehead atoms. The second-order valence-electron chi connectivity index (χ2n) is 6.26. The van der Waals surface area contributed by atoms with Gasteiger partial charge in [0.15, 0.2) is 0 Å². The quantitative estimate of drug-likeness (QED) is 0.504. The zero-order valence-electron chi connectivity index (χ0n) is 14.9. The van der Waals surface area contributed by atoms with Crippen LogP contribution in [0.3, 0.4) is 0 Å². The minimum absolute atomic E-state index is 0.101. The molecule has 4 nitrogen and oxygen atoms in total. The topological polar surface area (TPSA) is 32.8 Å². The second kappa shape index (κ2) is 10.2. The fraction of sp³-hybridized carbons (Fsp3) is 0.611. The number of carbonyl (C=O) groups is 1. The highest BCUT2D eigenvalue weighted by molar-refractivity contribution is 8.00. The Bertz CT molecular complexity index is 549. The van der Waals surface area contributed by atoms with E-state index < -0.39 is 12.8 Å². The van der Waals surface area contributed by atoms with Crippen LogP contribution >= 0.6 is 11.8 Å². The highest BCUT2D eigenvalue weighted by Crippen LogP contribution is 2.24. The van der Waals surface area contributed by atoms with Crippen LogP contribution in [0.5, 0.6) is 0 Å². The van der Waals surface area contributed by atoms with Crippen molar-refractivity contribution in [2.24, 2.45) is 0 Å². The molecule has 0 saturated carbocycles. The molecule has 1 heterocycles. The van der Waals surface area contributed by atoms with Gasteiger partial charge in [-0.05, 0) is 25.5 Å². The maximum atomic E-state index is 12.6. The lowest BCUT2D eigenvalue weighted by Gasteiger charge is -2.35. The van der Waals surface area contributed by atoms with Crippen LogP contribution in [0.1, 0.15) is 13.3 Å². The molecule has 2 rings (SSSR count). The highest BCUT2D eigenvalue weighted by Gasteiger charge is 2.27. The molecule has 0 radical (unpaired) electrons. The Labute approximate surface area is 156 Å². The maximum Gasteiger partial charge on any atom is 0.411 e. The molecule has 1 atom stereocenters. The number of hydrogen-bond acceptors (Lipinski definition) is 4. The van der Waals surface area contributed by atoms with E-state index in [1.807, 2.05) is 42.2 Å². The van der Waals surface area contributed by atoms with Crippen LogP contribution in [-0.4, -0.2) is 73.1 Å². The number of piperazine rings is 1. The summed E-state index contributed by atoms with van der Waals surface area (Å²) in [6.45, 7) is 4.32. The standard InChI is InChI=1S/C18H25F3N2O2S/c1-15(26-16-6-3-2-4-7-16)17(24)23-11-9-22(10-12-23)8-5-13-25-14-18(19,20)21/h2-4,6-7,15H,5,8-14H2,1H3. The van der Waals surface area contributed by atoms with Gasteiger partial charge in [0.25, 0.3) is 0 Å². The first-order valence-electron chi connectivity index (χ1n) is 8.72. The third-order valence-electron chi connectivity index (χ3n) is 4.12. The van der Waals surface area contributed by atoms with Crippen molar-refractivity contribution >= 4 is 17.7 Å². The lowest BCUT2D eigenvalue weighted by molar-refractivity contribution is -0.174. The fourth-order valence-electron chi connectivity index (χ4n) is 2.78. The molecular weight excluding hydrogens is 365 g/mol. The van der Waals surface area contributed by atoms with Gasteiger partial charge in [-0.1, -0.05) is 18.2 Å². The third kappa shape index (κ3) is 7.55. The van der Waals surface area contributed by atoms with Crippen molar-refractivity contribution in [3.63, 3.8) is 0 Å².